The molecule has 0 N–H and O–H groups in total. The number of anilines is 2. The lowest BCUT2D eigenvalue weighted by molar-refractivity contribution is 0.0122. The molecule has 13 heteroatoms. The number of hydrogen-bond donors (Lipinski definition) is 0. The van der Waals surface area contributed by atoms with Crippen LogP contribution in [0.2, 0.25) is 0 Å². The first-order valence-electron chi connectivity index (χ1n) is 19.4. The third-order valence-electron chi connectivity index (χ3n) is 11.1. The van der Waals surface area contributed by atoms with Crippen molar-refractivity contribution >= 4 is 51.2 Å². The van der Waals surface area contributed by atoms with Crippen molar-refractivity contribution in [3.63, 3.8) is 0 Å². The first-order valence-corrected chi connectivity index (χ1v) is 20.5. The van der Waals surface area contributed by atoms with Gasteiger partial charge in [-0.3, -0.25) is 4.90 Å². The Labute approximate surface area is 345 Å². The van der Waals surface area contributed by atoms with Gasteiger partial charge < -0.3 is 24.0 Å². The number of piperazine rings is 1. The van der Waals surface area contributed by atoms with Crippen LogP contribution in [0.5, 0.6) is 11.5 Å². The molecular formula is C44H47F2IN6O4. The fraction of sp³-hybridized carbons (Fsp3) is 0.409. The predicted molar refractivity (Wildman–Crippen MR) is 225 cm³/mol. The Morgan fingerprint density at radius 1 is 0.860 bits per heavy atom. The van der Waals surface area contributed by atoms with Crippen molar-refractivity contribution in [1.82, 2.24) is 19.9 Å². The van der Waals surface area contributed by atoms with Crippen LogP contribution in [0.4, 0.5) is 25.2 Å². The smallest absolute Gasteiger partial charge is 0.410 e. The molecule has 2 atom stereocenters. The Hall–Kier alpha value is -4.79. The largest absolute Gasteiger partial charge is 0.497 e. The predicted octanol–water partition coefficient (Wildman–Crippen LogP) is 9.57. The summed E-state index contributed by atoms with van der Waals surface area (Å²) in [5, 5.41) is 0.466. The second kappa shape index (κ2) is 15.5. The van der Waals surface area contributed by atoms with Crippen molar-refractivity contribution in [2.24, 2.45) is 0 Å². The molecule has 298 valence electrons. The second-order valence-electron chi connectivity index (χ2n) is 16.3. The van der Waals surface area contributed by atoms with Crippen molar-refractivity contribution in [2.45, 2.75) is 90.1 Å². The first kappa shape index (κ1) is 39.1. The monoisotopic (exact) mass is 888 g/mol. The van der Waals surface area contributed by atoms with Crippen molar-refractivity contribution in [3.8, 4) is 22.8 Å². The number of carbonyl (C=O) groups excluding carboxylic acids is 1. The molecular weight excluding hydrogens is 841 g/mol. The molecule has 8 rings (SSSR count). The molecule has 2 aromatic heterocycles. The van der Waals surface area contributed by atoms with E-state index in [9.17, 15) is 4.79 Å². The molecule has 2 bridgehead atoms. The van der Waals surface area contributed by atoms with Gasteiger partial charge in [-0.05, 0) is 141 Å². The summed E-state index contributed by atoms with van der Waals surface area (Å²) in [6.07, 6.45) is 2.07. The van der Waals surface area contributed by atoms with Gasteiger partial charge in [0.1, 0.15) is 34.3 Å². The maximum atomic E-state index is 17.5. The van der Waals surface area contributed by atoms with E-state index in [4.69, 9.17) is 19.2 Å². The Morgan fingerprint density at radius 3 is 1.96 bits per heavy atom. The molecule has 1 amide bonds. The molecule has 2 saturated heterocycles. The summed E-state index contributed by atoms with van der Waals surface area (Å²) in [6, 6.07) is 19.6. The number of carbonyl (C=O) groups is 1. The number of ether oxygens (including phenoxy) is 3. The highest BCUT2D eigenvalue weighted by atomic mass is 127. The van der Waals surface area contributed by atoms with Gasteiger partial charge in [-0.1, -0.05) is 24.3 Å². The highest BCUT2D eigenvalue weighted by Crippen LogP contribution is 2.49. The molecule has 5 aromatic rings. The molecule has 4 heterocycles. The van der Waals surface area contributed by atoms with E-state index < -0.39 is 17.5 Å². The number of pyridine rings is 1. The number of halogens is 3. The molecule has 0 spiro atoms. The zero-order valence-corrected chi connectivity index (χ0v) is 35.3. The summed E-state index contributed by atoms with van der Waals surface area (Å²) in [5.41, 5.74) is 4.04. The van der Waals surface area contributed by atoms with E-state index in [1.807, 2.05) is 98.2 Å². The van der Waals surface area contributed by atoms with E-state index in [-0.39, 0.29) is 29.6 Å². The van der Waals surface area contributed by atoms with Gasteiger partial charge in [0.05, 0.1) is 32.0 Å². The summed E-state index contributed by atoms with van der Waals surface area (Å²) in [6.45, 7) is 9.50. The minimum atomic E-state index is -0.999. The quantitative estimate of drug-likeness (QED) is 0.100. The molecule has 1 aliphatic carbocycles. The van der Waals surface area contributed by atoms with Crippen LogP contribution in [0.3, 0.4) is 0 Å². The normalized spacial score (nSPS) is 17.9. The third kappa shape index (κ3) is 8.04. The van der Waals surface area contributed by atoms with Gasteiger partial charge >= 0.3 is 12.2 Å². The molecule has 3 aliphatic rings. The van der Waals surface area contributed by atoms with Crippen molar-refractivity contribution in [2.75, 3.05) is 37.1 Å². The van der Waals surface area contributed by atoms with E-state index in [1.54, 1.807) is 14.2 Å². The van der Waals surface area contributed by atoms with Crippen molar-refractivity contribution in [3.05, 3.63) is 98.4 Å². The topological polar surface area (TPSA) is 93.2 Å². The number of aromatic nitrogens is 3. The summed E-state index contributed by atoms with van der Waals surface area (Å²) in [5.74, 6) is 2.08. The highest BCUT2D eigenvalue weighted by molar-refractivity contribution is 14.1. The molecule has 3 fully saturated rings. The summed E-state index contributed by atoms with van der Waals surface area (Å²) in [4.78, 5) is 32.8. The lowest BCUT2D eigenvalue weighted by Gasteiger charge is -2.42. The van der Waals surface area contributed by atoms with Crippen molar-refractivity contribution in [1.29, 1.82) is 0 Å². The summed E-state index contributed by atoms with van der Waals surface area (Å²) in [7, 11) is 3.29. The first-order chi connectivity index (χ1) is 27.3. The Bertz CT molecular complexity index is 2250. The average molecular weight is 889 g/mol. The lowest BCUT2D eigenvalue weighted by atomic mass is 9.95. The van der Waals surface area contributed by atoms with Crippen LogP contribution in [0.1, 0.15) is 74.6 Å². The fourth-order valence-electron chi connectivity index (χ4n) is 8.18. The molecule has 57 heavy (non-hydrogen) atoms. The number of hydrogen-bond acceptors (Lipinski definition) is 9. The van der Waals surface area contributed by atoms with Crippen molar-refractivity contribution < 1.29 is 27.8 Å². The van der Waals surface area contributed by atoms with Gasteiger partial charge in [0.25, 0.3) is 0 Å². The Kier molecular flexibility index (Phi) is 10.6. The van der Waals surface area contributed by atoms with Gasteiger partial charge in [-0.15, -0.1) is 0 Å². The van der Waals surface area contributed by atoms with E-state index >= 15 is 8.78 Å². The van der Waals surface area contributed by atoms with Crippen LogP contribution >= 0.6 is 22.6 Å². The molecule has 2 aliphatic heterocycles. The minimum absolute atomic E-state index is 0.0761. The van der Waals surface area contributed by atoms with Gasteiger partial charge in [-0.2, -0.15) is 14.4 Å². The number of nitrogens with zero attached hydrogens (tertiary/aromatic N) is 6. The van der Waals surface area contributed by atoms with Gasteiger partial charge in [0.2, 0.25) is 0 Å². The number of benzene rings is 3. The zero-order valence-electron chi connectivity index (χ0n) is 33.1. The lowest BCUT2D eigenvalue weighted by Crippen LogP contribution is -2.57. The molecule has 10 nitrogen and oxygen atoms in total. The molecule has 0 radical (unpaired) electrons. The fourth-order valence-corrected chi connectivity index (χ4v) is 8.72. The van der Waals surface area contributed by atoms with Gasteiger partial charge in [0, 0.05) is 40.7 Å². The number of aryl methyl sites for hydroxylation is 1. The number of rotatable bonds is 10. The molecule has 2 unspecified atom stereocenters. The SMILES string of the molecule is COc1ccc(CN(Cc2ccc(OC)cc2)c2cc(C)c(I)c(-c3c(C4CC4)cc4c(N5CC6CCC(C5)N6C(=O)OC(C)(C)C)nc(F)nc4c3F)n2)cc1. The van der Waals surface area contributed by atoms with Crippen LogP contribution in [0, 0.1) is 22.4 Å². The van der Waals surface area contributed by atoms with Crippen LogP contribution in [-0.4, -0.2) is 70.9 Å². The van der Waals surface area contributed by atoms with Crippen LogP contribution < -0.4 is 19.3 Å². The van der Waals surface area contributed by atoms with Gasteiger partial charge in [0.15, 0.2) is 5.82 Å². The van der Waals surface area contributed by atoms with E-state index in [0.29, 0.717) is 54.5 Å². The highest BCUT2D eigenvalue weighted by Gasteiger charge is 2.45. The number of methoxy groups -OCH3 is 2. The van der Waals surface area contributed by atoms with E-state index in [0.717, 1.165) is 63.0 Å². The summed E-state index contributed by atoms with van der Waals surface area (Å²) >= 11 is 2.25. The van der Waals surface area contributed by atoms with Crippen LogP contribution in [0.25, 0.3) is 22.2 Å². The Balaban J connectivity index is 1.20. The second-order valence-corrected chi connectivity index (χ2v) is 17.4. The van der Waals surface area contributed by atoms with Crippen LogP contribution in [0.15, 0.2) is 60.7 Å². The van der Waals surface area contributed by atoms with E-state index in [2.05, 4.69) is 37.5 Å². The average Bonchev–Trinajstić information content (AvgIpc) is 3.99. The maximum Gasteiger partial charge on any atom is 0.410 e. The van der Waals surface area contributed by atoms with Crippen LogP contribution in [-0.2, 0) is 17.8 Å². The number of amides is 1. The minimum Gasteiger partial charge on any atom is -0.497 e. The van der Waals surface area contributed by atoms with Gasteiger partial charge in [-0.25, -0.2) is 14.2 Å². The molecule has 3 aromatic carbocycles. The summed E-state index contributed by atoms with van der Waals surface area (Å²) < 4.78 is 50.4. The zero-order chi connectivity index (χ0) is 40.2. The Morgan fingerprint density at radius 2 is 1.44 bits per heavy atom. The number of fused-ring (bicyclic) bond motifs is 3. The standard InChI is InChI=1S/C44H47F2IN6O4/c1-25-19-35(51(21-26-7-15-31(55-5)16-8-26)22-27-9-17-32(56-6)18-10-27)48-40(38(25)47)36-33(28-11-12-28)20-34-39(37(36)45)49-42(46)50-41(34)52-23-29-13-14-30(24-52)53(29)43(54)57-44(2,3)4/h7-10,15-20,28-30H,11-14,21-24H2,1-6H3. The maximum absolute atomic E-state index is 17.5. The van der Waals surface area contributed by atoms with E-state index in [1.165, 1.54) is 0 Å². The third-order valence-corrected chi connectivity index (χ3v) is 12.4. The molecule has 1 saturated carbocycles.